The molecule has 0 aliphatic rings. The van der Waals surface area contributed by atoms with Crippen LogP contribution in [-0.2, 0) is 4.79 Å². The number of hydrogen-bond donors (Lipinski definition) is 2. The van der Waals surface area contributed by atoms with Crippen molar-refractivity contribution in [3.8, 4) is 0 Å². The SMILES string of the molecule is CNC(=O)/C(C)=C/C(C)O. The summed E-state index contributed by atoms with van der Waals surface area (Å²) in [7, 11) is 1.56. The van der Waals surface area contributed by atoms with E-state index < -0.39 is 6.10 Å². The number of carbonyl (C=O) groups is 1. The monoisotopic (exact) mass is 143 g/mol. The average Bonchev–Trinajstić information content (AvgIpc) is 1.85. The van der Waals surface area contributed by atoms with Crippen LogP contribution < -0.4 is 5.32 Å². The number of carbonyl (C=O) groups excluding carboxylic acids is 1. The minimum atomic E-state index is -0.558. The van der Waals surface area contributed by atoms with Gasteiger partial charge in [-0.2, -0.15) is 0 Å². The van der Waals surface area contributed by atoms with Gasteiger partial charge in [0.15, 0.2) is 0 Å². The molecule has 0 aliphatic carbocycles. The molecule has 0 fully saturated rings. The number of hydrogen-bond acceptors (Lipinski definition) is 2. The summed E-state index contributed by atoms with van der Waals surface area (Å²) >= 11 is 0. The van der Waals surface area contributed by atoms with Crippen LogP contribution in [0.4, 0.5) is 0 Å². The Hall–Kier alpha value is -0.830. The maximum Gasteiger partial charge on any atom is 0.246 e. The number of nitrogens with one attached hydrogen (secondary N) is 1. The first-order valence-electron chi connectivity index (χ1n) is 3.16. The fourth-order valence-electron chi connectivity index (χ4n) is 0.635. The van der Waals surface area contributed by atoms with Gasteiger partial charge in [-0.05, 0) is 19.9 Å². The first-order chi connectivity index (χ1) is 4.57. The summed E-state index contributed by atoms with van der Waals surface area (Å²) < 4.78 is 0. The Morgan fingerprint density at radius 2 is 2.20 bits per heavy atom. The molecular weight excluding hydrogens is 130 g/mol. The van der Waals surface area contributed by atoms with Crippen LogP contribution in [0.25, 0.3) is 0 Å². The molecule has 0 saturated carbocycles. The number of aliphatic hydroxyl groups excluding tert-OH is 1. The summed E-state index contributed by atoms with van der Waals surface area (Å²) in [6, 6.07) is 0. The van der Waals surface area contributed by atoms with Gasteiger partial charge in [0.2, 0.25) is 5.91 Å². The molecule has 0 aromatic carbocycles. The van der Waals surface area contributed by atoms with Crippen molar-refractivity contribution in [3.63, 3.8) is 0 Å². The number of rotatable bonds is 2. The van der Waals surface area contributed by atoms with E-state index in [1.54, 1.807) is 20.9 Å². The van der Waals surface area contributed by atoms with E-state index in [9.17, 15) is 4.79 Å². The molecule has 58 valence electrons. The maximum absolute atomic E-state index is 10.8. The predicted molar refractivity (Wildman–Crippen MR) is 39.5 cm³/mol. The molecule has 1 atom stereocenters. The molecule has 0 rings (SSSR count). The topological polar surface area (TPSA) is 49.3 Å². The van der Waals surface area contributed by atoms with Crippen molar-refractivity contribution in [1.82, 2.24) is 5.32 Å². The lowest BCUT2D eigenvalue weighted by atomic mass is 10.2. The quantitative estimate of drug-likeness (QED) is 0.537. The van der Waals surface area contributed by atoms with Crippen molar-refractivity contribution in [3.05, 3.63) is 11.6 Å². The average molecular weight is 143 g/mol. The van der Waals surface area contributed by atoms with E-state index >= 15 is 0 Å². The summed E-state index contributed by atoms with van der Waals surface area (Å²) in [5.74, 6) is -0.152. The molecule has 1 unspecified atom stereocenters. The largest absolute Gasteiger partial charge is 0.389 e. The highest BCUT2D eigenvalue weighted by Crippen LogP contribution is 1.94. The van der Waals surface area contributed by atoms with E-state index in [1.165, 1.54) is 6.08 Å². The van der Waals surface area contributed by atoms with Gasteiger partial charge in [-0.25, -0.2) is 0 Å². The molecule has 3 nitrogen and oxygen atoms in total. The molecule has 0 aromatic heterocycles. The second kappa shape index (κ2) is 4.06. The molecule has 0 bridgehead atoms. The first-order valence-corrected chi connectivity index (χ1v) is 3.16. The maximum atomic E-state index is 10.8. The highest BCUT2D eigenvalue weighted by Gasteiger charge is 2.00. The van der Waals surface area contributed by atoms with E-state index in [0.717, 1.165) is 0 Å². The molecule has 0 spiro atoms. The number of likely N-dealkylation sites (N-methyl/N-ethyl adjacent to an activating group) is 1. The van der Waals surface area contributed by atoms with E-state index in [2.05, 4.69) is 5.32 Å². The minimum absolute atomic E-state index is 0.152. The van der Waals surface area contributed by atoms with Crippen LogP contribution in [0, 0.1) is 0 Å². The van der Waals surface area contributed by atoms with Crippen LogP contribution in [-0.4, -0.2) is 24.2 Å². The van der Waals surface area contributed by atoms with Crippen LogP contribution in [0.15, 0.2) is 11.6 Å². The van der Waals surface area contributed by atoms with Crippen molar-refractivity contribution in [2.45, 2.75) is 20.0 Å². The summed E-state index contributed by atoms with van der Waals surface area (Å²) in [5.41, 5.74) is 0.539. The van der Waals surface area contributed by atoms with Gasteiger partial charge in [0.05, 0.1) is 6.10 Å². The first kappa shape index (κ1) is 9.17. The van der Waals surface area contributed by atoms with Crippen LogP contribution >= 0.6 is 0 Å². The van der Waals surface area contributed by atoms with Gasteiger partial charge in [-0.1, -0.05) is 0 Å². The van der Waals surface area contributed by atoms with Crippen molar-refractivity contribution in [2.24, 2.45) is 0 Å². The van der Waals surface area contributed by atoms with E-state index in [0.29, 0.717) is 5.57 Å². The predicted octanol–water partition coefficient (Wildman–Crippen LogP) is 0.0595. The molecule has 1 amide bonds. The summed E-state index contributed by atoms with van der Waals surface area (Å²) in [5, 5.41) is 11.3. The second-order valence-electron chi connectivity index (χ2n) is 2.17. The molecule has 10 heavy (non-hydrogen) atoms. The fraction of sp³-hybridized carbons (Fsp3) is 0.571. The Morgan fingerprint density at radius 1 is 1.70 bits per heavy atom. The third-order valence-electron chi connectivity index (χ3n) is 1.08. The molecular formula is C7H13NO2. The third-order valence-corrected chi connectivity index (χ3v) is 1.08. The summed E-state index contributed by atoms with van der Waals surface area (Å²) in [4.78, 5) is 10.8. The zero-order valence-electron chi connectivity index (χ0n) is 6.51. The third kappa shape index (κ3) is 3.25. The zero-order chi connectivity index (χ0) is 8.15. The van der Waals surface area contributed by atoms with Gasteiger partial charge in [0, 0.05) is 12.6 Å². The number of aliphatic hydroxyl groups is 1. The standard InChI is InChI=1S/C7H13NO2/c1-5(4-6(2)9)7(10)8-3/h4,6,9H,1-3H3,(H,8,10)/b5-4+. The van der Waals surface area contributed by atoms with Crippen LogP contribution in [0.1, 0.15) is 13.8 Å². The molecule has 0 saturated heterocycles. The molecule has 0 aromatic rings. The lowest BCUT2D eigenvalue weighted by molar-refractivity contribution is -0.117. The molecule has 0 heterocycles. The fourth-order valence-corrected chi connectivity index (χ4v) is 0.635. The summed E-state index contributed by atoms with van der Waals surface area (Å²) in [6.45, 7) is 3.26. The minimum Gasteiger partial charge on any atom is -0.389 e. The van der Waals surface area contributed by atoms with Crippen LogP contribution in [0.5, 0.6) is 0 Å². The normalized spacial score (nSPS) is 14.6. The lowest BCUT2D eigenvalue weighted by Crippen LogP contribution is -2.19. The van der Waals surface area contributed by atoms with E-state index in [1.807, 2.05) is 0 Å². The van der Waals surface area contributed by atoms with Crippen molar-refractivity contribution < 1.29 is 9.90 Å². The second-order valence-corrected chi connectivity index (χ2v) is 2.17. The van der Waals surface area contributed by atoms with Crippen LogP contribution in [0.3, 0.4) is 0 Å². The Bertz CT molecular complexity index is 150. The lowest BCUT2D eigenvalue weighted by Gasteiger charge is -2.00. The number of amides is 1. The highest BCUT2D eigenvalue weighted by molar-refractivity contribution is 5.92. The van der Waals surface area contributed by atoms with E-state index in [-0.39, 0.29) is 5.91 Å². The van der Waals surface area contributed by atoms with Gasteiger partial charge >= 0.3 is 0 Å². The van der Waals surface area contributed by atoms with Crippen LogP contribution in [0.2, 0.25) is 0 Å². The Kier molecular flexibility index (Phi) is 3.72. The van der Waals surface area contributed by atoms with Crippen molar-refractivity contribution in [1.29, 1.82) is 0 Å². The Morgan fingerprint density at radius 3 is 2.50 bits per heavy atom. The molecule has 0 aliphatic heterocycles. The van der Waals surface area contributed by atoms with Gasteiger partial charge in [-0.3, -0.25) is 4.79 Å². The van der Waals surface area contributed by atoms with Crippen molar-refractivity contribution in [2.75, 3.05) is 7.05 Å². The van der Waals surface area contributed by atoms with Gasteiger partial charge in [0.25, 0.3) is 0 Å². The zero-order valence-corrected chi connectivity index (χ0v) is 6.51. The smallest absolute Gasteiger partial charge is 0.246 e. The van der Waals surface area contributed by atoms with Crippen molar-refractivity contribution >= 4 is 5.91 Å². The molecule has 3 heteroatoms. The van der Waals surface area contributed by atoms with Gasteiger partial charge in [-0.15, -0.1) is 0 Å². The Labute approximate surface area is 60.7 Å². The van der Waals surface area contributed by atoms with E-state index in [4.69, 9.17) is 5.11 Å². The highest BCUT2D eigenvalue weighted by atomic mass is 16.3. The van der Waals surface area contributed by atoms with Gasteiger partial charge in [0.1, 0.15) is 0 Å². The molecule has 2 N–H and O–H groups in total. The Balaban J connectivity index is 4.05. The molecule has 0 radical (unpaired) electrons. The summed E-state index contributed by atoms with van der Waals surface area (Å²) in [6.07, 6.45) is 0.941. The van der Waals surface area contributed by atoms with Gasteiger partial charge < -0.3 is 10.4 Å².